The van der Waals surface area contributed by atoms with Crippen LogP contribution in [0.25, 0.3) is 11.0 Å². The zero-order valence-corrected chi connectivity index (χ0v) is 11.7. The Hall–Kier alpha value is -1.87. The summed E-state index contributed by atoms with van der Waals surface area (Å²) >= 11 is 1.70. The first kappa shape index (κ1) is 11.9. The molecule has 98 valence electrons. The minimum Gasteiger partial charge on any atom is -0.269 e. The standard InChI is InChI=1S/C17H12FNS/c1-10-19-16-15-9-13(18)7-6-12(15)8-11-4-2-3-5-14(11)17(16)20-10/h2-9,16H,1H3. The summed E-state index contributed by atoms with van der Waals surface area (Å²) in [5.41, 5.74) is 2.01. The summed E-state index contributed by atoms with van der Waals surface area (Å²) in [6.45, 7) is 2.01. The van der Waals surface area contributed by atoms with Gasteiger partial charge in [-0.3, -0.25) is 4.99 Å². The topological polar surface area (TPSA) is 12.4 Å². The van der Waals surface area contributed by atoms with Crippen molar-refractivity contribution in [1.82, 2.24) is 0 Å². The third-order valence-corrected chi connectivity index (χ3v) is 4.76. The molecular weight excluding hydrogens is 269 g/mol. The SMILES string of the molecule is CC1=NC2C(=c3ccccc3=Cc3ccc(F)cc32)S1. The summed E-state index contributed by atoms with van der Waals surface area (Å²) in [7, 11) is 0. The van der Waals surface area contributed by atoms with E-state index in [0.29, 0.717) is 0 Å². The number of aliphatic imine (C=N–C) groups is 1. The van der Waals surface area contributed by atoms with E-state index in [1.165, 1.54) is 21.4 Å². The van der Waals surface area contributed by atoms with Gasteiger partial charge in [0, 0.05) is 4.91 Å². The second-order valence-electron chi connectivity index (χ2n) is 5.02. The number of halogens is 1. The summed E-state index contributed by atoms with van der Waals surface area (Å²) in [4.78, 5) is 5.91. The van der Waals surface area contributed by atoms with E-state index in [0.717, 1.165) is 16.2 Å². The molecule has 0 aromatic heterocycles. The van der Waals surface area contributed by atoms with Crippen LogP contribution in [0, 0.1) is 5.82 Å². The molecule has 1 nitrogen and oxygen atoms in total. The van der Waals surface area contributed by atoms with E-state index >= 15 is 0 Å². The fourth-order valence-corrected chi connectivity index (χ4v) is 3.89. The van der Waals surface area contributed by atoms with Gasteiger partial charge < -0.3 is 0 Å². The molecule has 2 aromatic carbocycles. The van der Waals surface area contributed by atoms with Gasteiger partial charge >= 0.3 is 0 Å². The average molecular weight is 281 g/mol. The third kappa shape index (κ3) is 1.74. The highest BCUT2D eigenvalue weighted by Gasteiger charge is 2.27. The monoisotopic (exact) mass is 281 g/mol. The molecule has 1 aliphatic carbocycles. The molecule has 0 fully saturated rings. The molecule has 1 heterocycles. The van der Waals surface area contributed by atoms with Gasteiger partial charge in [0.15, 0.2) is 0 Å². The van der Waals surface area contributed by atoms with Crippen molar-refractivity contribution in [1.29, 1.82) is 0 Å². The van der Waals surface area contributed by atoms with Gasteiger partial charge in [-0.1, -0.05) is 42.1 Å². The molecule has 2 aromatic rings. The molecule has 1 unspecified atom stereocenters. The van der Waals surface area contributed by atoms with E-state index in [1.54, 1.807) is 17.8 Å². The lowest BCUT2D eigenvalue weighted by molar-refractivity contribution is 0.624. The van der Waals surface area contributed by atoms with Crippen LogP contribution in [0.15, 0.2) is 47.5 Å². The maximum Gasteiger partial charge on any atom is 0.123 e. The summed E-state index contributed by atoms with van der Waals surface area (Å²) < 4.78 is 13.6. The molecule has 0 N–H and O–H groups in total. The largest absolute Gasteiger partial charge is 0.269 e. The van der Waals surface area contributed by atoms with Crippen LogP contribution >= 0.6 is 11.8 Å². The highest BCUT2D eigenvalue weighted by Crippen LogP contribution is 2.43. The molecule has 0 saturated heterocycles. The van der Waals surface area contributed by atoms with Gasteiger partial charge in [-0.25, -0.2) is 4.39 Å². The van der Waals surface area contributed by atoms with Gasteiger partial charge in [-0.2, -0.15) is 0 Å². The fraction of sp³-hybridized carbons (Fsp3) is 0.118. The average Bonchev–Trinajstić information content (AvgIpc) is 2.78. The molecule has 3 heteroatoms. The number of rotatable bonds is 0. The van der Waals surface area contributed by atoms with Gasteiger partial charge in [-0.15, -0.1) is 0 Å². The Bertz CT molecular complexity index is 867. The Morgan fingerprint density at radius 3 is 2.90 bits per heavy atom. The summed E-state index contributed by atoms with van der Waals surface area (Å²) in [6, 6.07) is 13.2. The predicted octanol–water partition coefficient (Wildman–Crippen LogP) is 2.98. The first-order valence-corrected chi connectivity index (χ1v) is 7.37. The second kappa shape index (κ2) is 4.32. The first-order chi connectivity index (χ1) is 9.72. The summed E-state index contributed by atoms with van der Waals surface area (Å²) in [6.07, 6.45) is 2.13. The Kier molecular flexibility index (Phi) is 2.57. The molecule has 1 atom stereocenters. The highest BCUT2D eigenvalue weighted by molar-refractivity contribution is 8.21. The zero-order valence-electron chi connectivity index (χ0n) is 10.9. The molecule has 0 saturated carbocycles. The minimum absolute atomic E-state index is 0.0643. The van der Waals surface area contributed by atoms with E-state index in [4.69, 9.17) is 4.99 Å². The minimum atomic E-state index is -0.202. The molecule has 0 spiro atoms. The van der Waals surface area contributed by atoms with Gasteiger partial charge in [0.1, 0.15) is 11.9 Å². The zero-order chi connectivity index (χ0) is 13.7. The smallest absolute Gasteiger partial charge is 0.123 e. The molecular formula is C17H12FNS. The van der Waals surface area contributed by atoms with Crippen LogP contribution in [0.1, 0.15) is 24.1 Å². The van der Waals surface area contributed by atoms with Crippen LogP contribution in [0.5, 0.6) is 0 Å². The maximum atomic E-state index is 13.6. The maximum absolute atomic E-state index is 13.6. The first-order valence-electron chi connectivity index (χ1n) is 6.55. The van der Waals surface area contributed by atoms with Crippen molar-refractivity contribution in [3.8, 4) is 0 Å². The second-order valence-corrected chi connectivity index (χ2v) is 6.26. The molecule has 0 bridgehead atoms. The van der Waals surface area contributed by atoms with Crippen molar-refractivity contribution >= 4 is 27.8 Å². The van der Waals surface area contributed by atoms with E-state index in [-0.39, 0.29) is 11.9 Å². The number of nitrogens with zero attached hydrogens (tertiary/aromatic N) is 1. The summed E-state index contributed by atoms with van der Waals surface area (Å²) in [5, 5.41) is 3.42. The van der Waals surface area contributed by atoms with Crippen molar-refractivity contribution in [3.63, 3.8) is 0 Å². The van der Waals surface area contributed by atoms with Crippen molar-refractivity contribution in [2.24, 2.45) is 4.99 Å². The predicted molar refractivity (Wildman–Crippen MR) is 82.5 cm³/mol. The van der Waals surface area contributed by atoms with E-state index in [1.807, 2.05) is 25.1 Å². The lowest BCUT2D eigenvalue weighted by atomic mass is 10.0. The highest BCUT2D eigenvalue weighted by atomic mass is 32.2. The van der Waals surface area contributed by atoms with Crippen LogP contribution in [0.3, 0.4) is 0 Å². The summed E-state index contributed by atoms with van der Waals surface area (Å²) in [5.74, 6) is -0.202. The Balaban J connectivity index is 2.15. The van der Waals surface area contributed by atoms with E-state index in [2.05, 4.69) is 18.2 Å². The van der Waals surface area contributed by atoms with Gasteiger partial charge in [0.2, 0.25) is 0 Å². The molecule has 0 amide bonds. The number of fused-ring (bicyclic) bond motifs is 4. The normalized spacial score (nSPS) is 19.4. The van der Waals surface area contributed by atoms with Crippen molar-refractivity contribution in [3.05, 3.63) is 69.8 Å². The molecule has 2 aliphatic rings. The number of hydrogen-bond acceptors (Lipinski definition) is 2. The molecule has 4 rings (SSSR count). The van der Waals surface area contributed by atoms with Crippen LogP contribution in [-0.2, 0) is 0 Å². The van der Waals surface area contributed by atoms with Crippen LogP contribution in [0.4, 0.5) is 4.39 Å². The Morgan fingerprint density at radius 2 is 2.00 bits per heavy atom. The molecule has 0 radical (unpaired) electrons. The quantitative estimate of drug-likeness (QED) is 0.723. The van der Waals surface area contributed by atoms with Crippen molar-refractivity contribution < 1.29 is 4.39 Å². The van der Waals surface area contributed by atoms with Crippen LogP contribution < -0.4 is 10.4 Å². The van der Waals surface area contributed by atoms with Crippen molar-refractivity contribution in [2.75, 3.05) is 0 Å². The van der Waals surface area contributed by atoms with Gasteiger partial charge in [0.05, 0.1) is 5.04 Å². The number of benzene rings is 2. The number of thioether (sulfide) groups is 1. The Labute approximate surface area is 120 Å². The van der Waals surface area contributed by atoms with Crippen LogP contribution in [-0.4, -0.2) is 5.04 Å². The third-order valence-electron chi connectivity index (χ3n) is 3.70. The fourth-order valence-electron chi connectivity index (χ4n) is 2.82. The van der Waals surface area contributed by atoms with Crippen LogP contribution in [0.2, 0.25) is 0 Å². The van der Waals surface area contributed by atoms with E-state index < -0.39 is 0 Å². The molecule has 20 heavy (non-hydrogen) atoms. The van der Waals surface area contributed by atoms with E-state index in [9.17, 15) is 4.39 Å². The Morgan fingerprint density at radius 1 is 1.15 bits per heavy atom. The lowest BCUT2D eigenvalue weighted by Gasteiger charge is -2.11. The van der Waals surface area contributed by atoms with Gasteiger partial charge in [0.25, 0.3) is 0 Å². The van der Waals surface area contributed by atoms with Gasteiger partial charge in [-0.05, 0) is 46.7 Å². The van der Waals surface area contributed by atoms with Crippen molar-refractivity contribution in [2.45, 2.75) is 13.0 Å². The molecule has 1 aliphatic heterocycles. The lowest BCUT2D eigenvalue weighted by Crippen LogP contribution is -2.25. The number of hydrogen-bond donors (Lipinski definition) is 0.